The van der Waals surface area contributed by atoms with E-state index in [-0.39, 0.29) is 35.9 Å². The van der Waals surface area contributed by atoms with Crippen LogP contribution in [-0.2, 0) is 14.6 Å². The minimum absolute atomic E-state index is 0. The zero-order chi connectivity index (χ0) is 15.8. The predicted octanol–water partition coefficient (Wildman–Crippen LogP) is 0.129. The SMILES string of the molecule is CCN(C(=O)CN1CCC2(CCNC2)C1)C1CCS(=O)(=O)C1.Cl. The van der Waals surface area contributed by atoms with E-state index in [1.54, 1.807) is 4.90 Å². The van der Waals surface area contributed by atoms with Crippen molar-refractivity contribution < 1.29 is 13.2 Å². The molecule has 0 radical (unpaired) electrons. The second-order valence-corrected chi connectivity index (χ2v) is 9.35. The predicted molar refractivity (Wildman–Crippen MR) is 92.7 cm³/mol. The second kappa shape index (κ2) is 7.25. The number of likely N-dealkylation sites (tertiary alicyclic amines) is 1. The van der Waals surface area contributed by atoms with E-state index >= 15 is 0 Å². The average molecular weight is 366 g/mol. The number of hydrogen-bond acceptors (Lipinski definition) is 5. The molecule has 8 heteroatoms. The summed E-state index contributed by atoms with van der Waals surface area (Å²) in [6, 6.07) is -0.118. The van der Waals surface area contributed by atoms with Crippen molar-refractivity contribution in [1.29, 1.82) is 0 Å². The molecule has 0 aromatic carbocycles. The molecule has 3 aliphatic heterocycles. The third-order valence-corrected chi connectivity index (χ3v) is 7.27. The van der Waals surface area contributed by atoms with Crippen molar-refractivity contribution >= 4 is 28.2 Å². The molecule has 0 aliphatic carbocycles. The third kappa shape index (κ3) is 4.18. The van der Waals surface area contributed by atoms with Gasteiger partial charge in [-0.2, -0.15) is 0 Å². The van der Waals surface area contributed by atoms with Crippen molar-refractivity contribution in [3.05, 3.63) is 0 Å². The van der Waals surface area contributed by atoms with Crippen molar-refractivity contribution in [3.63, 3.8) is 0 Å². The molecular formula is C15H28ClN3O3S. The van der Waals surface area contributed by atoms with E-state index in [0.29, 0.717) is 24.9 Å². The molecule has 3 saturated heterocycles. The summed E-state index contributed by atoms with van der Waals surface area (Å²) in [5.74, 6) is 0.452. The number of carbonyl (C=O) groups is 1. The highest BCUT2D eigenvalue weighted by Crippen LogP contribution is 2.35. The van der Waals surface area contributed by atoms with Gasteiger partial charge in [0, 0.05) is 25.7 Å². The first kappa shape index (κ1) is 19.0. The molecule has 0 aromatic heterocycles. The second-order valence-electron chi connectivity index (χ2n) is 7.12. The van der Waals surface area contributed by atoms with Gasteiger partial charge in [-0.15, -0.1) is 12.4 Å². The zero-order valence-electron chi connectivity index (χ0n) is 13.8. The number of rotatable bonds is 4. The maximum atomic E-state index is 12.6. The van der Waals surface area contributed by atoms with Crippen LogP contribution in [0.4, 0.5) is 0 Å². The lowest BCUT2D eigenvalue weighted by molar-refractivity contribution is -0.133. The van der Waals surface area contributed by atoms with Crippen molar-refractivity contribution in [2.45, 2.75) is 32.2 Å². The summed E-state index contributed by atoms with van der Waals surface area (Å²) >= 11 is 0. The highest BCUT2D eigenvalue weighted by molar-refractivity contribution is 7.91. The number of sulfone groups is 1. The summed E-state index contributed by atoms with van der Waals surface area (Å²) in [4.78, 5) is 16.6. The van der Waals surface area contributed by atoms with Gasteiger partial charge in [-0.25, -0.2) is 8.42 Å². The molecule has 0 aromatic rings. The fourth-order valence-electron chi connectivity index (χ4n) is 4.25. The Hall–Kier alpha value is -0.370. The Morgan fingerprint density at radius 1 is 1.39 bits per heavy atom. The molecule has 0 bridgehead atoms. The molecule has 2 atom stereocenters. The maximum absolute atomic E-state index is 12.6. The van der Waals surface area contributed by atoms with Gasteiger partial charge in [-0.1, -0.05) is 0 Å². The molecule has 3 rings (SSSR count). The van der Waals surface area contributed by atoms with E-state index in [1.165, 1.54) is 6.42 Å². The Morgan fingerprint density at radius 2 is 2.17 bits per heavy atom. The lowest BCUT2D eigenvalue weighted by atomic mass is 9.87. The highest BCUT2D eigenvalue weighted by Gasteiger charge is 2.41. The fourth-order valence-corrected chi connectivity index (χ4v) is 5.98. The quantitative estimate of drug-likeness (QED) is 0.766. The smallest absolute Gasteiger partial charge is 0.237 e. The van der Waals surface area contributed by atoms with Crippen LogP contribution in [0.2, 0.25) is 0 Å². The number of nitrogens with one attached hydrogen (secondary N) is 1. The maximum Gasteiger partial charge on any atom is 0.237 e. The van der Waals surface area contributed by atoms with Gasteiger partial charge in [0.25, 0.3) is 0 Å². The van der Waals surface area contributed by atoms with E-state index in [4.69, 9.17) is 0 Å². The van der Waals surface area contributed by atoms with Gasteiger partial charge >= 0.3 is 0 Å². The van der Waals surface area contributed by atoms with Gasteiger partial charge in [0.15, 0.2) is 9.84 Å². The van der Waals surface area contributed by atoms with Crippen LogP contribution in [0.5, 0.6) is 0 Å². The summed E-state index contributed by atoms with van der Waals surface area (Å²) in [5.41, 5.74) is 0.369. The Labute approximate surface area is 145 Å². The van der Waals surface area contributed by atoms with Crippen molar-refractivity contribution in [1.82, 2.24) is 15.1 Å². The van der Waals surface area contributed by atoms with Crippen LogP contribution >= 0.6 is 12.4 Å². The van der Waals surface area contributed by atoms with Gasteiger partial charge in [-0.05, 0) is 44.7 Å². The molecule has 6 nitrogen and oxygen atoms in total. The van der Waals surface area contributed by atoms with Crippen LogP contribution in [0.3, 0.4) is 0 Å². The first-order valence-corrected chi connectivity index (χ1v) is 10.2. The van der Waals surface area contributed by atoms with Crippen LogP contribution in [-0.4, -0.2) is 80.9 Å². The molecular weight excluding hydrogens is 338 g/mol. The summed E-state index contributed by atoms with van der Waals surface area (Å²) in [7, 11) is -2.95. The molecule has 1 N–H and O–H groups in total. The minimum Gasteiger partial charge on any atom is -0.338 e. The molecule has 3 aliphatic rings. The Kier molecular flexibility index (Phi) is 5.98. The summed E-state index contributed by atoms with van der Waals surface area (Å²) in [5, 5.41) is 3.43. The Bertz CT molecular complexity index is 534. The summed E-state index contributed by atoms with van der Waals surface area (Å²) in [6.45, 7) is 7.10. The van der Waals surface area contributed by atoms with Crippen LogP contribution in [0.25, 0.3) is 0 Å². The molecule has 3 heterocycles. The highest BCUT2D eigenvalue weighted by atomic mass is 35.5. The van der Waals surface area contributed by atoms with E-state index < -0.39 is 9.84 Å². The molecule has 2 unspecified atom stereocenters. The topological polar surface area (TPSA) is 69.7 Å². The minimum atomic E-state index is -2.95. The van der Waals surface area contributed by atoms with E-state index in [1.807, 2.05) is 6.92 Å². The van der Waals surface area contributed by atoms with E-state index in [2.05, 4.69) is 10.2 Å². The first-order valence-electron chi connectivity index (χ1n) is 8.36. The van der Waals surface area contributed by atoms with Gasteiger partial charge in [0.2, 0.25) is 5.91 Å². The van der Waals surface area contributed by atoms with Crippen molar-refractivity contribution in [3.8, 4) is 0 Å². The Morgan fingerprint density at radius 3 is 2.74 bits per heavy atom. The molecule has 134 valence electrons. The van der Waals surface area contributed by atoms with Gasteiger partial charge in [0.1, 0.15) is 0 Å². The number of nitrogens with zero attached hydrogens (tertiary/aromatic N) is 2. The normalized spacial score (nSPS) is 33.0. The van der Waals surface area contributed by atoms with Gasteiger partial charge < -0.3 is 10.2 Å². The number of carbonyl (C=O) groups excluding carboxylic acids is 1. The molecule has 1 amide bonds. The van der Waals surface area contributed by atoms with Crippen molar-refractivity contribution in [2.75, 3.05) is 50.8 Å². The van der Waals surface area contributed by atoms with Crippen LogP contribution in [0.15, 0.2) is 0 Å². The Balaban J connectivity index is 0.00000192. The fraction of sp³-hybridized carbons (Fsp3) is 0.933. The molecule has 3 fully saturated rings. The summed E-state index contributed by atoms with van der Waals surface area (Å²) in [6.07, 6.45) is 2.96. The molecule has 0 saturated carbocycles. The van der Waals surface area contributed by atoms with Gasteiger partial charge in [-0.3, -0.25) is 9.69 Å². The number of hydrogen-bond donors (Lipinski definition) is 1. The van der Waals surface area contributed by atoms with E-state index in [0.717, 1.165) is 32.6 Å². The summed E-state index contributed by atoms with van der Waals surface area (Å²) < 4.78 is 23.3. The number of halogens is 1. The third-order valence-electron chi connectivity index (χ3n) is 5.52. The number of likely N-dealkylation sites (N-methyl/N-ethyl adjacent to an activating group) is 1. The standard InChI is InChI=1S/C15H27N3O3S.ClH/c1-2-18(13-3-8-22(20,21)10-13)14(19)9-17-7-5-15(12-17)4-6-16-11-15;/h13,16H,2-12H2,1H3;1H. The average Bonchev–Trinajstić information content (AvgIpc) is 3.15. The van der Waals surface area contributed by atoms with Crippen LogP contribution < -0.4 is 5.32 Å². The van der Waals surface area contributed by atoms with Crippen LogP contribution in [0.1, 0.15) is 26.2 Å². The largest absolute Gasteiger partial charge is 0.338 e. The van der Waals surface area contributed by atoms with Gasteiger partial charge in [0.05, 0.1) is 18.1 Å². The number of amides is 1. The van der Waals surface area contributed by atoms with E-state index in [9.17, 15) is 13.2 Å². The zero-order valence-corrected chi connectivity index (χ0v) is 15.4. The monoisotopic (exact) mass is 365 g/mol. The first-order chi connectivity index (χ1) is 10.4. The lowest BCUT2D eigenvalue weighted by Crippen LogP contribution is -2.46. The van der Waals surface area contributed by atoms with Crippen LogP contribution in [0, 0.1) is 5.41 Å². The lowest BCUT2D eigenvalue weighted by Gasteiger charge is -2.29. The molecule has 1 spiro atoms. The van der Waals surface area contributed by atoms with Crippen molar-refractivity contribution in [2.24, 2.45) is 5.41 Å². The molecule has 23 heavy (non-hydrogen) atoms.